The lowest BCUT2D eigenvalue weighted by Crippen LogP contribution is -2.37. The zero-order valence-corrected chi connectivity index (χ0v) is 8.35. The van der Waals surface area contributed by atoms with Crippen molar-refractivity contribution in [2.24, 2.45) is 11.1 Å². The van der Waals surface area contributed by atoms with E-state index in [-0.39, 0.29) is 19.6 Å². The van der Waals surface area contributed by atoms with Crippen molar-refractivity contribution in [2.75, 3.05) is 13.2 Å². The van der Waals surface area contributed by atoms with Gasteiger partial charge >= 0.3 is 0 Å². The van der Waals surface area contributed by atoms with Crippen LogP contribution in [0.25, 0.3) is 0 Å². The maximum absolute atomic E-state index is 13.1. The Morgan fingerprint density at radius 1 is 1.43 bits per heavy atom. The first kappa shape index (κ1) is 10.3. The molecule has 1 saturated carbocycles. The van der Waals surface area contributed by atoms with Crippen LogP contribution in [-0.2, 0) is 9.47 Å². The molecule has 3 nitrogen and oxygen atoms in total. The van der Waals surface area contributed by atoms with Crippen LogP contribution in [0.15, 0.2) is 0 Å². The third kappa shape index (κ3) is 1.26. The van der Waals surface area contributed by atoms with Crippen molar-refractivity contribution in [3.63, 3.8) is 0 Å². The Hall–Kier alpha value is -0.260. The van der Waals surface area contributed by atoms with Gasteiger partial charge in [-0.2, -0.15) is 0 Å². The van der Waals surface area contributed by atoms with E-state index in [1.165, 1.54) is 0 Å². The molecule has 0 spiro atoms. The summed E-state index contributed by atoms with van der Waals surface area (Å²) in [5.74, 6) is -3.44. The summed E-state index contributed by atoms with van der Waals surface area (Å²) in [6.07, 6.45) is -0.752. The molecule has 2 fully saturated rings. The predicted molar refractivity (Wildman–Crippen MR) is 46.0 cm³/mol. The lowest BCUT2D eigenvalue weighted by molar-refractivity contribution is -0.151. The molecular formula is C9H15F2NO2. The monoisotopic (exact) mass is 207 g/mol. The van der Waals surface area contributed by atoms with Crippen LogP contribution < -0.4 is 5.73 Å². The van der Waals surface area contributed by atoms with Crippen molar-refractivity contribution in [3.05, 3.63) is 0 Å². The van der Waals surface area contributed by atoms with Gasteiger partial charge in [-0.1, -0.05) is 0 Å². The van der Waals surface area contributed by atoms with Gasteiger partial charge in [-0.15, -0.1) is 0 Å². The van der Waals surface area contributed by atoms with Gasteiger partial charge in [0.15, 0.2) is 5.79 Å². The fraction of sp³-hybridized carbons (Fsp3) is 1.00. The molecule has 0 aromatic carbocycles. The summed E-state index contributed by atoms with van der Waals surface area (Å²) in [5, 5.41) is 0. The zero-order valence-electron chi connectivity index (χ0n) is 8.35. The number of rotatable bonds is 2. The van der Waals surface area contributed by atoms with Crippen molar-refractivity contribution in [1.29, 1.82) is 0 Å². The van der Waals surface area contributed by atoms with Crippen LogP contribution in [0.5, 0.6) is 0 Å². The van der Waals surface area contributed by atoms with E-state index in [4.69, 9.17) is 15.2 Å². The Balaban J connectivity index is 2.10. The predicted octanol–water partition coefficient (Wildman–Crippen LogP) is 1.12. The average Bonchev–Trinajstić information content (AvgIpc) is 2.43. The van der Waals surface area contributed by atoms with Crippen molar-refractivity contribution >= 4 is 0 Å². The minimum atomic E-state index is -2.68. The molecule has 0 aromatic heterocycles. The molecule has 5 heteroatoms. The number of alkyl halides is 2. The van der Waals surface area contributed by atoms with E-state index in [9.17, 15) is 8.78 Å². The number of halogens is 2. The van der Waals surface area contributed by atoms with E-state index in [2.05, 4.69) is 0 Å². The first-order valence-corrected chi connectivity index (χ1v) is 4.73. The summed E-state index contributed by atoms with van der Waals surface area (Å²) in [7, 11) is 0. The van der Waals surface area contributed by atoms with Crippen LogP contribution >= 0.6 is 0 Å². The van der Waals surface area contributed by atoms with Gasteiger partial charge in [-0.25, -0.2) is 8.78 Å². The molecule has 1 aliphatic heterocycles. The van der Waals surface area contributed by atoms with Crippen LogP contribution in [-0.4, -0.2) is 31.0 Å². The van der Waals surface area contributed by atoms with Crippen molar-refractivity contribution in [1.82, 2.24) is 0 Å². The average molecular weight is 207 g/mol. The first-order chi connectivity index (χ1) is 6.33. The Morgan fingerprint density at radius 2 is 2.00 bits per heavy atom. The number of hydrogen-bond donors (Lipinski definition) is 1. The number of hydrogen-bond acceptors (Lipinski definition) is 3. The fourth-order valence-corrected chi connectivity index (χ4v) is 2.01. The SMILES string of the molecule is CC1(C)OCC(C2(CN)CC2(F)F)O1. The summed E-state index contributed by atoms with van der Waals surface area (Å²) in [4.78, 5) is 0. The van der Waals surface area contributed by atoms with Crippen LogP contribution in [0.2, 0.25) is 0 Å². The molecule has 2 rings (SSSR count). The summed E-state index contributed by atoms with van der Waals surface area (Å²) < 4.78 is 37.0. The lowest BCUT2D eigenvalue weighted by atomic mass is 9.99. The van der Waals surface area contributed by atoms with Crippen LogP contribution in [0.1, 0.15) is 20.3 Å². The molecule has 2 unspecified atom stereocenters. The third-order valence-electron chi connectivity index (χ3n) is 3.13. The Morgan fingerprint density at radius 3 is 2.29 bits per heavy atom. The van der Waals surface area contributed by atoms with Gasteiger partial charge in [0.25, 0.3) is 5.92 Å². The molecule has 1 aliphatic carbocycles. The van der Waals surface area contributed by atoms with Gasteiger partial charge < -0.3 is 15.2 Å². The van der Waals surface area contributed by atoms with Crippen LogP contribution in [0.4, 0.5) is 8.78 Å². The molecule has 1 heterocycles. The van der Waals surface area contributed by atoms with E-state index < -0.39 is 23.2 Å². The molecule has 1 saturated heterocycles. The second kappa shape index (κ2) is 2.65. The standard InChI is InChI=1S/C9H15F2NO2/c1-7(2)13-3-6(14-7)8(5-12)4-9(8,10)11/h6H,3-5,12H2,1-2H3. The minimum Gasteiger partial charge on any atom is -0.348 e. The summed E-state index contributed by atoms with van der Waals surface area (Å²) in [5.41, 5.74) is 4.22. The van der Waals surface area contributed by atoms with Crippen LogP contribution in [0.3, 0.4) is 0 Å². The molecular weight excluding hydrogens is 192 g/mol. The summed E-state index contributed by atoms with van der Waals surface area (Å²) >= 11 is 0. The summed E-state index contributed by atoms with van der Waals surface area (Å²) in [6, 6.07) is 0. The minimum absolute atomic E-state index is 0.0515. The second-order valence-electron chi connectivity index (χ2n) is 4.56. The van der Waals surface area contributed by atoms with Crippen molar-refractivity contribution in [3.8, 4) is 0 Å². The molecule has 2 aliphatic rings. The van der Waals surface area contributed by atoms with Gasteiger partial charge in [-0.3, -0.25) is 0 Å². The number of ether oxygens (including phenoxy) is 2. The highest BCUT2D eigenvalue weighted by molar-refractivity contribution is 5.16. The largest absolute Gasteiger partial charge is 0.348 e. The third-order valence-corrected chi connectivity index (χ3v) is 3.13. The van der Waals surface area contributed by atoms with Gasteiger partial charge in [0, 0.05) is 13.0 Å². The molecule has 82 valence electrons. The van der Waals surface area contributed by atoms with Crippen LogP contribution in [0, 0.1) is 5.41 Å². The maximum atomic E-state index is 13.1. The molecule has 0 amide bonds. The topological polar surface area (TPSA) is 44.5 Å². The number of nitrogens with two attached hydrogens (primary N) is 1. The highest BCUT2D eigenvalue weighted by atomic mass is 19.3. The summed E-state index contributed by atoms with van der Waals surface area (Å²) in [6.45, 7) is 3.60. The molecule has 0 bridgehead atoms. The zero-order chi connectivity index (χ0) is 10.6. The van der Waals surface area contributed by atoms with E-state index in [1.807, 2.05) is 0 Å². The van der Waals surface area contributed by atoms with E-state index >= 15 is 0 Å². The normalized spacial score (nSPS) is 43.9. The van der Waals surface area contributed by atoms with Gasteiger partial charge in [0.1, 0.15) is 0 Å². The molecule has 0 aromatic rings. The van der Waals surface area contributed by atoms with Gasteiger partial charge in [0.2, 0.25) is 0 Å². The highest BCUT2D eigenvalue weighted by Crippen LogP contribution is 2.63. The Labute approximate surface area is 81.5 Å². The van der Waals surface area contributed by atoms with Gasteiger partial charge in [0.05, 0.1) is 18.1 Å². The van der Waals surface area contributed by atoms with Gasteiger partial charge in [-0.05, 0) is 13.8 Å². The van der Waals surface area contributed by atoms with E-state index in [1.54, 1.807) is 13.8 Å². The van der Waals surface area contributed by atoms with Crippen molar-refractivity contribution < 1.29 is 18.3 Å². The Bertz CT molecular complexity index is 257. The lowest BCUT2D eigenvalue weighted by Gasteiger charge is -2.22. The van der Waals surface area contributed by atoms with Crippen molar-refractivity contribution in [2.45, 2.75) is 38.1 Å². The molecule has 2 atom stereocenters. The maximum Gasteiger partial charge on any atom is 0.258 e. The molecule has 0 radical (unpaired) electrons. The molecule has 2 N–H and O–H groups in total. The first-order valence-electron chi connectivity index (χ1n) is 4.73. The second-order valence-corrected chi connectivity index (χ2v) is 4.56. The van der Waals surface area contributed by atoms with E-state index in [0.29, 0.717) is 0 Å². The fourth-order valence-electron chi connectivity index (χ4n) is 2.01. The smallest absolute Gasteiger partial charge is 0.258 e. The highest BCUT2D eigenvalue weighted by Gasteiger charge is 2.75. The van der Waals surface area contributed by atoms with E-state index in [0.717, 1.165) is 0 Å². The molecule has 14 heavy (non-hydrogen) atoms. The quantitative estimate of drug-likeness (QED) is 0.738. The Kier molecular flexibility index (Phi) is 1.94.